The van der Waals surface area contributed by atoms with Crippen molar-refractivity contribution in [3.8, 4) is 44.5 Å². The maximum atomic E-state index is 2.48. The molecule has 10 aromatic rings. The van der Waals surface area contributed by atoms with Crippen LogP contribution in [0.4, 0.5) is 0 Å². The van der Waals surface area contributed by atoms with Gasteiger partial charge in [0.25, 0.3) is 0 Å². The van der Waals surface area contributed by atoms with E-state index in [1.807, 2.05) is 0 Å². The Bertz CT molecular complexity index is 2970. The lowest BCUT2D eigenvalue weighted by Crippen LogP contribution is -2.13. The molecule has 0 amide bonds. The van der Waals surface area contributed by atoms with Crippen LogP contribution in [0, 0.1) is 0 Å². The molecule has 0 aliphatic carbocycles. The van der Waals surface area contributed by atoms with Crippen molar-refractivity contribution in [3.05, 3.63) is 194 Å². The summed E-state index contributed by atoms with van der Waals surface area (Å²) in [6.07, 6.45) is 0. The Morgan fingerprint density at radius 3 is 1.22 bits per heavy atom. The molecule has 10 rings (SSSR count). The monoisotopic (exact) mass is 688 g/mol. The van der Waals surface area contributed by atoms with E-state index in [-0.39, 0.29) is 5.41 Å². The summed E-state index contributed by atoms with van der Waals surface area (Å²) in [5.41, 5.74) is 11.2. The van der Waals surface area contributed by atoms with Crippen LogP contribution in [-0.4, -0.2) is 0 Å². The lowest BCUT2D eigenvalue weighted by molar-refractivity contribution is 0.601. The first-order valence-corrected chi connectivity index (χ1v) is 19.0. The molecule has 0 spiro atoms. The molecule has 0 aromatic heterocycles. The van der Waals surface area contributed by atoms with Gasteiger partial charge in [-0.25, -0.2) is 0 Å². The Labute approximate surface area is 317 Å². The van der Waals surface area contributed by atoms with Crippen LogP contribution in [0.3, 0.4) is 0 Å². The van der Waals surface area contributed by atoms with Crippen LogP contribution in [0.15, 0.2) is 188 Å². The second kappa shape index (κ2) is 12.6. The third-order valence-electron chi connectivity index (χ3n) is 11.3. The first-order chi connectivity index (χ1) is 26.4. The van der Waals surface area contributed by atoms with Gasteiger partial charge >= 0.3 is 0 Å². The molecular weight excluding hydrogens is 649 g/mol. The maximum Gasteiger partial charge on any atom is -0.00204 e. The van der Waals surface area contributed by atoms with Crippen LogP contribution in [0.25, 0.3) is 98.4 Å². The lowest BCUT2D eigenvalue weighted by atomic mass is 9.77. The molecule has 0 heterocycles. The molecule has 0 atom stereocenters. The number of benzene rings is 10. The van der Waals surface area contributed by atoms with Crippen molar-refractivity contribution in [2.75, 3.05) is 0 Å². The highest BCUT2D eigenvalue weighted by atomic mass is 14.3. The molecule has 0 saturated heterocycles. The third kappa shape index (κ3) is 5.29. The van der Waals surface area contributed by atoms with E-state index in [4.69, 9.17) is 0 Å². The summed E-state index contributed by atoms with van der Waals surface area (Å²) < 4.78 is 0. The minimum absolute atomic E-state index is 0.0906. The second-order valence-corrected chi connectivity index (χ2v) is 15.7. The van der Waals surface area contributed by atoms with Crippen LogP contribution < -0.4 is 0 Å². The Hall–Kier alpha value is -6.50. The molecule has 0 N–H and O–H groups in total. The number of rotatable bonds is 4. The van der Waals surface area contributed by atoms with Gasteiger partial charge in [0.05, 0.1) is 0 Å². The Morgan fingerprint density at radius 1 is 0.278 bits per heavy atom. The molecule has 0 unspecified atom stereocenters. The molecule has 0 fully saturated rings. The lowest BCUT2D eigenvalue weighted by Gasteiger charge is -2.27. The van der Waals surface area contributed by atoms with Crippen molar-refractivity contribution in [2.45, 2.75) is 26.2 Å². The van der Waals surface area contributed by atoms with Gasteiger partial charge in [-0.15, -0.1) is 0 Å². The summed E-state index contributed by atoms with van der Waals surface area (Å²) in [5.74, 6) is 0. The van der Waals surface area contributed by atoms with Gasteiger partial charge in [-0.1, -0.05) is 185 Å². The minimum Gasteiger partial charge on any atom is -0.0616 e. The van der Waals surface area contributed by atoms with Crippen LogP contribution in [0.1, 0.15) is 26.3 Å². The van der Waals surface area contributed by atoms with Gasteiger partial charge < -0.3 is 0 Å². The molecule has 256 valence electrons. The van der Waals surface area contributed by atoms with Gasteiger partial charge in [-0.3, -0.25) is 0 Å². The van der Waals surface area contributed by atoms with Gasteiger partial charge in [0.2, 0.25) is 0 Å². The predicted octanol–water partition coefficient (Wildman–Crippen LogP) is 15.4. The summed E-state index contributed by atoms with van der Waals surface area (Å²) >= 11 is 0. The molecular formula is C54H40. The highest BCUT2D eigenvalue weighted by Crippen LogP contribution is 2.47. The van der Waals surface area contributed by atoms with Gasteiger partial charge in [0, 0.05) is 0 Å². The van der Waals surface area contributed by atoms with E-state index in [0.29, 0.717) is 0 Å². The van der Waals surface area contributed by atoms with Gasteiger partial charge in [-0.05, 0) is 134 Å². The largest absolute Gasteiger partial charge is 0.0616 e. The van der Waals surface area contributed by atoms with E-state index in [9.17, 15) is 0 Å². The molecule has 0 bridgehead atoms. The first kappa shape index (κ1) is 32.2. The molecule has 0 heteroatoms. The SMILES string of the molecule is CC(C)(C)c1c2ccccc2c(-c2cccc3ccccc23)c2ccc(-c3cc(-c4cccc5ccccc45)cc(-c4cccc5ccccc45)c3)cc12. The quantitative estimate of drug-likeness (QED) is 0.161. The summed E-state index contributed by atoms with van der Waals surface area (Å²) in [7, 11) is 0. The van der Waals surface area contributed by atoms with E-state index in [2.05, 4.69) is 209 Å². The normalized spacial score (nSPS) is 12.0. The predicted molar refractivity (Wildman–Crippen MR) is 234 cm³/mol. The Balaban J connectivity index is 1.29. The fourth-order valence-electron chi connectivity index (χ4n) is 8.96. The highest BCUT2D eigenvalue weighted by Gasteiger charge is 2.25. The zero-order valence-electron chi connectivity index (χ0n) is 30.9. The van der Waals surface area contributed by atoms with Gasteiger partial charge in [-0.2, -0.15) is 0 Å². The number of fused-ring (bicyclic) bond motifs is 5. The molecule has 10 aromatic carbocycles. The Morgan fingerprint density at radius 2 is 0.685 bits per heavy atom. The van der Waals surface area contributed by atoms with Crippen molar-refractivity contribution in [2.24, 2.45) is 0 Å². The Kier molecular flexibility index (Phi) is 7.49. The van der Waals surface area contributed by atoms with Crippen molar-refractivity contribution in [1.82, 2.24) is 0 Å². The summed E-state index contributed by atoms with van der Waals surface area (Å²) in [6.45, 7) is 7.08. The average molecular weight is 689 g/mol. The topological polar surface area (TPSA) is 0 Å². The molecule has 0 aliphatic heterocycles. The summed E-state index contributed by atoms with van der Waals surface area (Å²) in [6, 6.07) is 69.8. The van der Waals surface area contributed by atoms with Crippen LogP contribution in [0.5, 0.6) is 0 Å². The smallest absolute Gasteiger partial charge is 0.00204 e. The minimum atomic E-state index is -0.0906. The maximum absolute atomic E-state index is 2.48. The van der Waals surface area contributed by atoms with E-state index < -0.39 is 0 Å². The molecule has 0 nitrogen and oxygen atoms in total. The van der Waals surface area contributed by atoms with Crippen molar-refractivity contribution < 1.29 is 0 Å². The van der Waals surface area contributed by atoms with Crippen LogP contribution in [-0.2, 0) is 5.41 Å². The van der Waals surface area contributed by atoms with Gasteiger partial charge in [0.1, 0.15) is 0 Å². The third-order valence-corrected chi connectivity index (χ3v) is 11.3. The average Bonchev–Trinajstić information content (AvgIpc) is 3.21. The summed E-state index contributed by atoms with van der Waals surface area (Å²) in [5, 5.41) is 12.8. The number of hydrogen-bond acceptors (Lipinski definition) is 0. The molecule has 0 saturated carbocycles. The van der Waals surface area contributed by atoms with Crippen LogP contribution in [0.2, 0.25) is 0 Å². The first-order valence-electron chi connectivity index (χ1n) is 19.0. The fraction of sp³-hybridized carbons (Fsp3) is 0.0741. The van der Waals surface area contributed by atoms with Crippen LogP contribution >= 0.6 is 0 Å². The molecule has 0 aliphatic rings. The number of hydrogen-bond donors (Lipinski definition) is 0. The molecule has 54 heavy (non-hydrogen) atoms. The van der Waals surface area contributed by atoms with Gasteiger partial charge in [0.15, 0.2) is 0 Å². The standard InChI is InChI=1S/C54H40/c1-54(2,3)53-50-25-11-10-24-48(50)52(47-28-14-20-37-17-6-9-23-44(37)47)49-30-29-38(34-51(49)53)39-31-40(45-26-12-18-35-15-4-7-21-42(35)45)33-41(32-39)46-27-13-19-36-16-5-8-22-43(36)46/h4-34H,1-3H3. The zero-order chi connectivity index (χ0) is 36.4. The zero-order valence-corrected chi connectivity index (χ0v) is 30.9. The fourth-order valence-corrected chi connectivity index (χ4v) is 8.96. The highest BCUT2D eigenvalue weighted by molar-refractivity contribution is 6.19. The van der Waals surface area contributed by atoms with E-state index >= 15 is 0 Å². The van der Waals surface area contributed by atoms with E-state index in [1.165, 1.54) is 104 Å². The van der Waals surface area contributed by atoms with E-state index in [0.717, 1.165) is 0 Å². The van der Waals surface area contributed by atoms with Crippen molar-refractivity contribution in [3.63, 3.8) is 0 Å². The van der Waals surface area contributed by atoms with E-state index in [1.54, 1.807) is 0 Å². The second-order valence-electron chi connectivity index (χ2n) is 15.7. The van der Waals surface area contributed by atoms with Crippen molar-refractivity contribution in [1.29, 1.82) is 0 Å². The van der Waals surface area contributed by atoms with Crippen molar-refractivity contribution >= 4 is 53.9 Å². The molecule has 0 radical (unpaired) electrons. The summed E-state index contributed by atoms with van der Waals surface area (Å²) in [4.78, 5) is 0.